The van der Waals surface area contributed by atoms with E-state index in [1.54, 1.807) is 17.0 Å². The summed E-state index contributed by atoms with van der Waals surface area (Å²) in [7, 11) is -3.58. The molecule has 2 aromatic rings. The van der Waals surface area contributed by atoms with Crippen molar-refractivity contribution in [1.29, 1.82) is 0 Å². The van der Waals surface area contributed by atoms with E-state index in [4.69, 9.17) is 0 Å². The van der Waals surface area contributed by atoms with E-state index in [-0.39, 0.29) is 12.5 Å². The third-order valence-electron chi connectivity index (χ3n) is 4.73. The smallest absolute Gasteiger partial charge is 0.247 e. The molecular formula is C20H24N2O3S. The Hall–Kier alpha value is -2.34. The Morgan fingerprint density at radius 3 is 2.54 bits per heavy atom. The zero-order chi connectivity index (χ0) is 18.7. The summed E-state index contributed by atoms with van der Waals surface area (Å²) in [6.07, 6.45) is 3.67. The molecule has 6 heteroatoms. The van der Waals surface area contributed by atoms with Crippen molar-refractivity contribution in [3.63, 3.8) is 0 Å². The molecule has 0 N–H and O–H groups in total. The van der Waals surface area contributed by atoms with Crippen LogP contribution in [0.5, 0.6) is 0 Å². The van der Waals surface area contributed by atoms with E-state index in [0.717, 1.165) is 35.9 Å². The van der Waals surface area contributed by atoms with E-state index in [0.29, 0.717) is 18.7 Å². The molecule has 1 aliphatic heterocycles. The molecule has 5 nitrogen and oxygen atoms in total. The largest absolute Gasteiger partial charge is 0.311 e. The predicted octanol–water partition coefficient (Wildman–Crippen LogP) is 2.99. The van der Waals surface area contributed by atoms with Crippen LogP contribution >= 0.6 is 0 Å². The third-order valence-corrected chi connectivity index (χ3v) is 5.86. The number of hydrogen-bond donors (Lipinski definition) is 0. The second-order valence-electron chi connectivity index (χ2n) is 6.53. The number of sulfonamides is 1. The second-order valence-corrected chi connectivity index (χ2v) is 8.44. The number of anilines is 2. The van der Waals surface area contributed by atoms with Gasteiger partial charge in [-0.25, -0.2) is 8.42 Å². The van der Waals surface area contributed by atoms with Gasteiger partial charge in [-0.1, -0.05) is 43.3 Å². The van der Waals surface area contributed by atoms with Gasteiger partial charge in [0, 0.05) is 12.2 Å². The quantitative estimate of drug-likeness (QED) is 0.811. The standard InChI is InChI=1S/C20H24N2O3S/c1-3-16-9-4-7-13-19(16)22(26(2,24)25)15-20(23)21-14-8-11-17-10-5-6-12-18(17)21/h4-7,9-10,12-13H,3,8,11,14-15H2,1-2H3. The summed E-state index contributed by atoms with van der Waals surface area (Å²) in [5, 5.41) is 0. The van der Waals surface area contributed by atoms with Crippen molar-refractivity contribution in [1.82, 2.24) is 0 Å². The molecule has 0 spiro atoms. The first-order chi connectivity index (χ1) is 12.4. The minimum atomic E-state index is -3.58. The monoisotopic (exact) mass is 372 g/mol. The Labute approximate surface area is 155 Å². The summed E-state index contributed by atoms with van der Waals surface area (Å²) in [6.45, 7) is 2.40. The van der Waals surface area contributed by atoms with Crippen LogP contribution in [0.25, 0.3) is 0 Å². The fourth-order valence-electron chi connectivity index (χ4n) is 3.44. The van der Waals surface area contributed by atoms with Crippen molar-refractivity contribution in [2.45, 2.75) is 26.2 Å². The van der Waals surface area contributed by atoms with Crippen LogP contribution in [0.15, 0.2) is 48.5 Å². The first-order valence-electron chi connectivity index (χ1n) is 8.85. The van der Waals surface area contributed by atoms with Crippen molar-refractivity contribution in [3.05, 3.63) is 59.7 Å². The summed E-state index contributed by atoms with van der Waals surface area (Å²) >= 11 is 0. The summed E-state index contributed by atoms with van der Waals surface area (Å²) in [5.41, 5.74) is 3.51. The molecule has 1 heterocycles. The molecule has 0 aromatic heterocycles. The van der Waals surface area contributed by atoms with Crippen LogP contribution in [-0.2, 0) is 27.7 Å². The van der Waals surface area contributed by atoms with Crippen molar-refractivity contribution in [2.24, 2.45) is 0 Å². The van der Waals surface area contributed by atoms with Crippen molar-refractivity contribution >= 4 is 27.3 Å². The zero-order valence-electron chi connectivity index (χ0n) is 15.2. The van der Waals surface area contributed by atoms with Gasteiger partial charge in [0.2, 0.25) is 15.9 Å². The minimum Gasteiger partial charge on any atom is -0.311 e. The maximum absolute atomic E-state index is 13.0. The van der Waals surface area contributed by atoms with Gasteiger partial charge in [0.15, 0.2) is 0 Å². The Kier molecular flexibility index (Phi) is 5.32. The lowest BCUT2D eigenvalue weighted by Gasteiger charge is -2.32. The number of carbonyl (C=O) groups is 1. The number of fused-ring (bicyclic) bond motifs is 1. The average Bonchev–Trinajstić information content (AvgIpc) is 2.64. The molecule has 0 radical (unpaired) electrons. The first-order valence-corrected chi connectivity index (χ1v) is 10.7. The highest BCUT2D eigenvalue weighted by Crippen LogP contribution is 2.28. The minimum absolute atomic E-state index is 0.190. The summed E-state index contributed by atoms with van der Waals surface area (Å²) in [4.78, 5) is 14.7. The molecule has 26 heavy (non-hydrogen) atoms. The van der Waals surface area contributed by atoms with E-state index in [1.807, 2.05) is 43.3 Å². The van der Waals surface area contributed by atoms with Crippen molar-refractivity contribution in [3.8, 4) is 0 Å². The number of benzene rings is 2. The van der Waals surface area contributed by atoms with Crippen LogP contribution in [0.2, 0.25) is 0 Å². The van der Waals surface area contributed by atoms with Gasteiger partial charge in [-0.2, -0.15) is 0 Å². The molecule has 2 aromatic carbocycles. The van der Waals surface area contributed by atoms with E-state index < -0.39 is 10.0 Å². The van der Waals surface area contributed by atoms with Crippen molar-refractivity contribution < 1.29 is 13.2 Å². The molecule has 0 fully saturated rings. The number of para-hydroxylation sites is 2. The normalized spacial score (nSPS) is 14.0. The Balaban J connectivity index is 1.93. The number of rotatable bonds is 5. The van der Waals surface area contributed by atoms with Crippen molar-refractivity contribution in [2.75, 3.05) is 28.6 Å². The van der Waals surface area contributed by atoms with Crippen LogP contribution in [0.4, 0.5) is 11.4 Å². The SMILES string of the molecule is CCc1ccccc1N(CC(=O)N1CCCc2ccccc21)S(C)(=O)=O. The highest BCUT2D eigenvalue weighted by molar-refractivity contribution is 7.92. The molecule has 0 atom stereocenters. The number of aryl methyl sites for hydroxylation is 2. The lowest BCUT2D eigenvalue weighted by molar-refractivity contribution is -0.117. The van der Waals surface area contributed by atoms with E-state index >= 15 is 0 Å². The molecule has 0 bridgehead atoms. The maximum atomic E-state index is 13.0. The average molecular weight is 372 g/mol. The van der Waals surface area contributed by atoms with Crippen LogP contribution in [0, 0.1) is 0 Å². The third kappa shape index (κ3) is 3.75. The molecular weight excluding hydrogens is 348 g/mol. The molecule has 0 saturated carbocycles. The molecule has 1 aliphatic rings. The summed E-state index contributed by atoms with van der Waals surface area (Å²) < 4.78 is 26.1. The van der Waals surface area contributed by atoms with E-state index in [1.165, 1.54) is 4.31 Å². The Morgan fingerprint density at radius 2 is 1.81 bits per heavy atom. The van der Waals surface area contributed by atoms with Gasteiger partial charge in [-0.3, -0.25) is 9.10 Å². The van der Waals surface area contributed by atoms with Crippen LogP contribution in [0.3, 0.4) is 0 Å². The van der Waals surface area contributed by atoms with E-state index in [9.17, 15) is 13.2 Å². The molecule has 0 unspecified atom stereocenters. The van der Waals surface area contributed by atoms with E-state index in [2.05, 4.69) is 0 Å². The van der Waals surface area contributed by atoms with Gasteiger partial charge in [0.05, 0.1) is 11.9 Å². The number of nitrogens with zero attached hydrogens (tertiary/aromatic N) is 2. The van der Waals surface area contributed by atoms with Gasteiger partial charge in [0.25, 0.3) is 0 Å². The van der Waals surface area contributed by atoms with Gasteiger partial charge in [-0.05, 0) is 42.5 Å². The Bertz CT molecular complexity index is 909. The predicted molar refractivity (Wildman–Crippen MR) is 105 cm³/mol. The van der Waals surface area contributed by atoms with Crippen LogP contribution in [-0.4, -0.2) is 33.7 Å². The molecule has 138 valence electrons. The van der Waals surface area contributed by atoms with Gasteiger partial charge >= 0.3 is 0 Å². The summed E-state index contributed by atoms with van der Waals surface area (Å²) in [5.74, 6) is -0.200. The lowest BCUT2D eigenvalue weighted by Crippen LogP contribution is -2.44. The highest BCUT2D eigenvalue weighted by atomic mass is 32.2. The number of amides is 1. The van der Waals surface area contributed by atoms with Gasteiger partial charge in [0.1, 0.15) is 6.54 Å². The topological polar surface area (TPSA) is 57.7 Å². The maximum Gasteiger partial charge on any atom is 0.247 e. The number of hydrogen-bond acceptors (Lipinski definition) is 3. The van der Waals surface area contributed by atoms with Crippen LogP contribution in [0.1, 0.15) is 24.5 Å². The highest BCUT2D eigenvalue weighted by Gasteiger charge is 2.28. The first kappa shape index (κ1) is 18.5. The zero-order valence-corrected chi connectivity index (χ0v) is 16.0. The fourth-order valence-corrected chi connectivity index (χ4v) is 4.32. The molecule has 0 saturated heterocycles. The number of carbonyl (C=O) groups excluding carboxylic acids is 1. The molecule has 3 rings (SSSR count). The fraction of sp³-hybridized carbons (Fsp3) is 0.350. The lowest BCUT2D eigenvalue weighted by atomic mass is 10.0. The van der Waals surface area contributed by atoms with Crippen LogP contribution < -0.4 is 9.21 Å². The Morgan fingerprint density at radius 1 is 1.12 bits per heavy atom. The van der Waals surface area contributed by atoms with Gasteiger partial charge in [-0.15, -0.1) is 0 Å². The van der Waals surface area contributed by atoms with Gasteiger partial charge < -0.3 is 4.90 Å². The summed E-state index contributed by atoms with van der Waals surface area (Å²) in [6, 6.07) is 15.2. The molecule has 0 aliphatic carbocycles. The second kappa shape index (κ2) is 7.50. The molecule has 1 amide bonds.